The fourth-order valence-electron chi connectivity index (χ4n) is 3.41. The van der Waals surface area contributed by atoms with E-state index in [0.717, 1.165) is 25.8 Å². The van der Waals surface area contributed by atoms with Gasteiger partial charge in [0.15, 0.2) is 11.6 Å². The highest BCUT2D eigenvalue weighted by molar-refractivity contribution is 6.08. The number of halogens is 3. The smallest absolute Gasteiger partial charge is 0.339 e. The van der Waals surface area contributed by atoms with Gasteiger partial charge in [-0.15, -0.1) is 0 Å². The van der Waals surface area contributed by atoms with Gasteiger partial charge in [0.05, 0.1) is 6.04 Å². The Morgan fingerprint density at radius 3 is 2.34 bits per heavy atom. The normalized spacial score (nSPS) is 15.4. The van der Waals surface area contributed by atoms with Crippen molar-refractivity contribution in [2.75, 3.05) is 0 Å². The Morgan fingerprint density at radius 1 is 1.10 bits per heavy atom. The van der Waals surface area contributed by atoms with Crippen molar-refractivity contribution in [1.82, 2.24) is 5.32 Å². The Morgan fingerprint density at radius 2 is 1.79 bits per heavy atom. The van der Waals surface area contributed by atoms with Crippen LogP contribution in [0.2, 0.25) is 0 Å². The van der Waals surface area contributed by atoms with E-state index in [1.54, 1.807) is 6.07 Å². The third-order valence-corrected chi connectivity index (χ3v) is 4.92. The van der Waals surface area contributed by atoms with Crippen molar-refractivity contribution >= 4 is 17.7 Å². The molecule has 2 aromatic rings. The van der Waals surface area contributed by atoms with Crippen molar-refractivity contribution in [3.8, 4) is 0 Å². The van der Waals surface area contributed by atoms with Crippen LogP contribution in [0.15, 0.2) is 36.4 Å². The van der Waals surface area contributed by atoms with Crippen molar-refractivity contribution in [3.63, 3.8) is 0 Å². The monoisotopic (exact) mass is 405 g/mol. The topological polar surface area (TPSA) is 83.5 Å². The van der Waals surface area contributed by atoms with Gasteiger partial charge in [-0.3, -0.25) is 9.59 Å². The van der Waals surface area contributed by atoms with E-state index in [1.165, 1.54) is 18.2 Å². The summed E-state index contributed by atoms with van der Waals surface area (Å²) in [5, 5.41) is 11.9. The first-order valence-electron chi connectivity index (χ1n) is 8.98. The van der Waals surface area contributed by atoms with Crippen LogP contribution in [0.3, 0.4) is 0 Å². The van der Waals surface area contributed by atoms with E-state index >= 15 is 0 Å². The molecular weight excluding hydrogens is 387 g/mol. The summed E-state index contributed by atoms with van der Waals surface area (Å²) in [6, 6.07) is 6.66. The minimum atomic E-state index is -1.79. The summed E-state index contributed by atoms with van der Waals surface area (Å²) in [5.41, 5.74) is -0.990. The average Bonchev–Trinajstić information content (AvgIpc) is 3.47. The van der Waals surface area contributed by atoms with Crippen molar-refractivity contribution < 1.29 is 32.7 Å². The standard InChI is InChI=1S/C21H18F3NO4/c1-10(26)16(14-7-8-15(23)18(24)17(14)21(28)29)20(27)25-19(11-5-6-11)12-3-2-4-13(22)9-12/h2-4,7-9,11,16,19H,5-6H2,1H3,(H,25,27)(H,28,29). The molecule has 1 fully saturated rings. The number of rotatable bonds is 7. The Hall–Kier alpha value is -3.16. The van der Waals surface area contributed by atoms with Crippen LogP contribution in [-0.4, -0.2) is 22.8 Å². The molecule has 0 heterocycles. The average molecular weight is 405 g/mol. The van der Waals surface area contributed by atoms with Gasteiger partial charge in [0.25, 0.3) is 0 Å². The molecule has 1 amide bonds. The Bertz CT molecular complexity index is 988. The fourth-order valence-corrected chi connectivity index (χ4v) is 3.41. The Labute approximate surface area is 164 Å². The van der Waals surface area contributed by atoms with Gasteiger partial charge in [-0.1, -0.05) is 18.2 Å². The van der Waals surface area contributed by atoms with E-state index in [0.29, 0.717) is 11.6 Å². The van der Waals surface area contributed by atoms with Crippen LogP contribution in [0.25, 0.3) is 0 Å². The Balaban J connectivity index is 1.98. The second-order valence-corrected chi connectivity index (χ2v) is 7.05. The van der Waals surface area contributed by atoms with Gasteiger partial charge in [0, 0.05) is 0 Å². The molecule has 0 aliphatic heterocycles. The summed E-state index contributed by atoms with van der Waals surface area (Å²) < 4.78 is 41.2. The van der Waals surface area contributed by atoms with Crippen LogP contribution in [0.5, 0.6) is 0 Å². The lowest BCUT2D eigenvalue weighted by atomic mass is 9.89. The highest BCUT2D eigenvalue weighted by Crippen LogP contribution is 2.41. The first-order valence-corrected chi connectivity index (χ1v) is 8.98. The fraction of sp³-hybridized carbons (Fsp3) is 0.286. The zero-order valence-electron chi connectivity index (χ0n) is 15.4. The second-order valence-electron chi connectivity index (χ2n) is 7.05. The van der Waals surface area contributed by atoms with E-state index in [-0.39, 0.29) is 5.92 Å². The molecule has 0 saturated heterocycles. The SMILES string of the molecule is CC(=O)C(C(=O)NC(c1cccc(F)c1)C1CC1)c1ccc(F)c(F)c1C(=O)O. The molecule has 1 aliphatic rings. The summed E-state index contributed by atoms with van der Waals surface area (Å²) in [4.78, 5) is 36.6. The largest absolute Gasteiger partial charge is 0.478 e. The summed E-state index contributed by atoms with van der Waals surface area (Å²) >= 11 is 0. The van der Waals surface area contributed by atoms with E-state index < -0.39 is 58.2 Å². The van der Waals surface area contributed by atoms with Gasteiger partial charge in [-0.2, -0.15) is 0 Å². The molecule has 0 spiro atoms. The lowest BCUT2D eigenvalue weighted by molar-refractivity contribution is -0.130. The lowest BCUT2D eigenvalue weighted by Gasteiger charge is -2.23. The maximum Gasteiger partial charge on any atom is 0.339 e. The number of amides is 1. The lowest BCUT2D eigenvalue weighted by Crippen LogP contribution is -2.37. The number of hydrogen-bond acceptors (Lipinski definition) is 3. The quantitative estimate of drug-likeness (QED) is 0.688. The summed E-state index contributed by atoms with van der Waals surface area (Å²) in [6.45, 7) is 1.06. The van der Waals surface area contributed by atoms with Gasteiger partial charge in [0.2, 0.25) is 5.91 Å². The van der Waals surface area contributed by atoms with Crippen molar-refractivity contribution in [2.45, 2.75) is 31.7 Å². The van der Waals surface area contributed by atoms with Gasteiger partial charge in [0.1, 0.15) is 23.1 Å². The molecule has 2 aromatic carbocycles. The van der Waals surface area contributed by atoms with Gasteiger partial charge < -0.3 is 10.4 Å². The molecule has 29 heavy (non-hydrogen) atoms. The van der Waals surface area contributed by atoms with Gasteiger partial charge in [-0.25, -0.2) is 18.0 Å². The molecule has 152 valence electrons. The predicted octanol–water partition coefficient (Wildman–Crippen LogP) is 3.74. The molecule has 0 aromatic heterocycles. The van der Waals surface area contributed by atoms with Crippen LogP contribution in [0, 0.1) is 23.4 Å². The number of hydrogen-bond donors (Lipinski definition) is 2. The predicted molar refractivity (Wildman–Crippen MR) is 96.7 cm³/mol. The first-order chi connectivity index (χ1) is 13.7. The summed E-state index contributed by atoms with van der Waals surface area (Å²) in [6.07, 6.45) is 1.58. The highest BCUT2D eigenvalue weighted by atomic mass is 19.2. The molecule has 1 saturated carbocycles. The van der Waals surface area contributed by atoms with Crippen molar-refractivity contribution in [2.24, 2.45) is 5.92 Å². The van der Waals surface area contributed by atoms with E-state index in [1.807, 2.05) is 0 Å². The van der Waals surface area contributed by atoms with E-state index in [2.05, 4.69) is 5.32 Å². The number of Topliss-reactive ketones (excluding diaryl/α,β-unsaturated/α-hetero) is 1. The van der Waals surface area contributed by atoms with Crippen LogP contribution in [0.1, 0.15) is 53.2 Å². The molecule has 0 radical (unpaired) electrons. The second kappa shape index (κ2) is 8.06. The van der Waals surface area contributed by atoms with Crippen molar-refractivity contribution in [3.05, 3.63) is 70.5 Å². The van der Waals surface area contributed by atoms with E-state index in [9.17, 15) is 32.7 Å². The van der Waals surface area contributed by atoms with Gasteiger partial charge in [-0.05, 0) is 55.0 Å². The molecule has 0 bridgehead atoms. The molecule has 5 nitrogen and oxygen atoms in total. The molecule has 2 atom stereocenters. The zero-order chi connectivity index (χ0) is 21.3. The number of benzene rings is 2. The number of nitrogens with one attached hydrogen (secondary N) is 1. The molecule has 8 heteroatoms. The summed E-state index contributed by atoms with van der Waals surface area (Å²) in [7, 11) is 0. The summed E-state index contributed by atoms with van der Waals surface area (Å²) in [5.74, 6) is -8.51. The highest BCUT2D eigenvalue weighted by Gasteiger charge is 2.38. The minimum Gasteiger partial charge on any atom is -0.478 e. The van der Waals surface area contributed by atoms with Crippen LogP contribution in [-0.2, 0) is 9.59 Å². The third-order valence-electron chi connectivity index (χ3n) is 4.92. The molecule has 2 N–H and O–H groups in total. The molecule has 1 aliphatic carbocycles. The maximum atomic E-state index is 14.1. The number of aromatic carboxylic acids is 1. The first kappa shape index (κ1) is 20.6. The number of carbonyl (C=O) groups excluding carboxylic acids is 2. The number of carboxylic acid groups (broad SMARTS) is 1. The third kappa shape index (κ3) is 4.31. The number of carbonyl (C=O) groups is 3. The van der Waals surface area contributed by atoms with Crippen molar-refractivity contribution in [1.29, 1.82) is 0 Å². The maximum absolute atomic E-state index is 14.1. The number of carboxylic acids is 1. The van der Waals surface area contributed by atoms with Gasteiger partial charge >= 0.3 is 5.97 Å². The molecular formula is C21H18F3NO4. The molecule has 3 rings (SSSR count). The van der Waals surface area contributed by atoms with Crippen LogP contribution < -0.4 is 5.32 Å². The van der Waals surface area contributed by atoms with E-state index in [4.69, 9.17) is 0 Å². The number of ketones is 1. The Kier molecular flexibility index (Phi) is 5.72. The van der Waals surface area contributed by atoms with Crippen LogP contribution in [0.4, 0.5) is 13.2 Å². The van der Waals surface area contributed by atoms with Crippen LogP contribution >= 0.6 is 0 Å². The zero-order valence-corrected chi connectivity index (χ0v) is 15.4. The molecule has 2 unspecified atom stereocenters. The minimum absolute atomic E-state index is 0.0391.